The van der Waals surface area contributed by atoms with Crippen molar-refractivity contribution in [1.82, 2.24) is 15.5 Å². The molecule has 1 aliphatic carbocycles. The van der Waals surface area contributed by atoms with Gasteiger partial charge in [-0.15, -0.1) is 0 Å². The lowest BCUT2D eigenvalue weighted by Crippen LogP contribution is -2.51. The Labute approximate surface area is 241 Å². The summed E-state index contributed by atoms with van der Waals surface area (Å²) in [5.74, 6) is -2.33. The second-order valence-electron chi connectivity index (χ2n) is 12.1. The van der Waals surface area contributed by atoms with Gasteiger partial charge in [-0.3, -0.25) is 19.2 Å². The van der Waals surface area contributed by atoms with Crippen LogP contribution in [0.3, 0.4) is 0 Å². The van der Waals surface area contributed by atoms with Gasteiger partial charge in [-0.25, -0.2) is 0 Å². The van der Waals surface area contributed by atoms with Crippen molar-refractivity contribution in [3.05, 3.63) is 65.2 Å². The van der Waals surface area contributed by atoms with Gasteiger partial charge >= 0.3 is 5.97 Å². The van der Waals surface area contributed by atoms with Crippen molar-refractivity contribution in [3.63, 3.8) is 0 Å². The second kappa shape index (κ2) is 12.7. The topological polar surface area (TPSA) is 125 Å². The number of aromatic hydroxyl groups is 1. The van der Waals surface area contributed by atoms with Gasteiger partial charge in [0.2, 0.25) is 17.7 Å². The molecule has 0 aromatic heterocycles. The molecule has 0 unspecified atom stereocenters. The van der Waals surface area contributed by atoms with E-state index in [0.717, 1.165) is 24.8 Å². The Kier molecular flexibility index (Phi) is 9.35. The highest BCUT2D eigenvalue weighted by Gasteiger charge is 2.39. The number of amides is 3. The van der Waals surface area contributed by atoms with E-state index >= 15 is 0 Å². The van der Waals surface area contributed by atoms with E-state index in [9.17, 15) is 24.3 Å². The molecule has 0 bridgehead atoms. The minimum absolute atomic E-state index is 0.0239. The summed E-state index contributed by atoms with van der Waals surface area (Å²) in [5.41, 5.74) is 2.15. The third-order valence-corrected chi connectivity index (χ3v) is 7.62. The van der Waals surface area contributed by atoms with Crippen LogP contribution in [0.1, 0.15) is 88.6 Å². The predicted molar refractivity (Wildman–Crippen MR) is 154 cm³/mol. The van der Waals surface area contributed by atoms with Crippen LogP contribution in [-0.2, 0) is 30.3 Å². The number of ether oxygens (including phenoxy) is 1. The first-order chi connectivity index (χ1) is 19.4. The maximum absolute atomic E-state index is 14.0. The molecule has 3 amide bonds. The van der Waals surface area contributed by atoms with Crippen LogP contribution < -0.4 is 10.6 Å². The Morgan fingerprint density at radius 3 is 2.44 bits per heavy atom. The fraction of sp³-hybridized carbons (Fsp3) is 0.500. The molecular weight excluding hydrogens is 522 g/mol. The van der Waals surface area contributed by atoms with Crippen LogP contribution in [0.15, 0.2) is 48.5 Å². The highest BCUT2D eigenvalue weighted by Crippen LogP contribution is 2.31. The first-order valence-corrected chi connectivity index (χ1v) is 14.4. The number of nitrogens with one attached hydrogen (secondary N) is 2. The van der Waals surface area contributed by atoms with Crippen molar-refractivity contribution in [2.75, 3.05) is 6.54 Å². The fourth-order valence-electron chi connectivity index (χ4n) is 5.61. The summed E-state index contributed by atoms with van der Waals surface area (Å²) in [4.78, 5) is 54.6. The van der Waals surface area contributed by atoms with Gasteiger partial charge in [0.05, 0.1) is 12.5 Å². The van der Waals surface area contributed by atoms with Crippen LogP contribution in [0.4, 0.5) is 0 Å². The Balaban J connectivity index is 1.50. The lowest BCUT2D eigenvalue weighted by Gasteiger charge is -2.32. The molecule has 4 rings (SSSR count). The summed E-state index contributed by atoms with van der Waals surface area (Å²) < 4.78 is 5.35. The number of hydrogen-bond donors (Lipinski definition) is 3. The van der Waals surface area contributed by atoms with Crippen molar-refractivity contribution >= 4 is 23.7 Å². The lowest BCUT2D eigenvalue weighted by atomic mass is 9.87. The molecule has 0 saturated carbocycles. The highest BCUT2D eigenvalue weighted by molar-refractivity contribution is 5.94. The summed E-state index contributed by atoms with van der Waals surface area (Å²) in [6, 6.07) is 12.3. The molecule has 9 nitrogen and oxygen atoms in total. The van der Waals surface area contributed by atoms with Crippen molar-refractivity contribution in [1.29, 1.82) is 0 Å². The summed E-state index contributed by atoms with van der Waals surface area (Å²) in [6.45, 7) is 7.25. The summed E-state index contributed by atoms with van der Waals surface area (Å²) in [7, 11) is 0. The summed E-state index contributed by atoms with van der Waals surface area (Å²) in [6.07, 6.45) is 3.85. The minimum atomic E-state index is -1.09. The molecule has 1 heterocycles. The molecule has 3 N–H and O–H groups in total. The van der Waals surface area contributed by atoms with Gasteiger partial charge in [-0.1, -0.05) is 43.3 Å². The number of phenolic OH excluding ortho intramolecular Hbond substituents is 1. The average Bonchev–Trinajstić information content (AvgIpc) is 3.41. The van der Waals surface area contributed by atoms with E-state index in [-0.39, 0.29) is 24.1 Å². The van der Waals surface area contributed by atoms with E-state index in [1.54, 1.807) is 44.7 Å². The molecule has 2 aromatic rings. The Hall–Kier alpha value is -3.88. The standard InChI is InChI=1S/C32H41N3O6/c1-20(19-27(37)41-32(2,3)4)29(38)34-28(22-14-16-23(36)17-15-22)31(40)35-18-8-13-26(35)30(39)33-25-12-7-10-21-9-5-6-11-24(21)25/h5-6,9,11,14-17,20,25-26,28,36H,7-8,10,12-13,18-19H2,1-4H3,(H,33,39)(H,34,38)/t20-,25-,26+,28+/m1/s1. The zero-order chi connectivity index (χ0) is 29.7. The van der Waals surface area contributed by atoms with Crippen LogP contribution in [0.2, 0.25) is 0 Å². The number of carbonyl (C=O) groups is 4. The third kappa shape index (κ3) is 7.65. The molecule has 0 radical (unpaired) electrons. The van der Waals surface area contributed by atoms with E-state index in [4.69, 9.17) is 4.74 Å². The number of likely N-dealkylation sites (tertiary alicyclic amines) is 1. The Morgan fingerprint density at radius 2 is 1.73 bits per heavy atom. The zero-order valence-electron chi connectivity index (χ0n) is 24.3. The zero-order valence-corrected chi connectivity index (χ0v) is 24.3. The van der Waals surface area contributed by atoms with Crippen molar-refractivity contribution < 1.29 is 29.0 Å². The quantitative estimate of drug-likeness (QED) is 0.416. The highest BCUT2D eigenvalue weighted by atomic mass is 16.6. The average molecular weight is 564 g/mol. The predicted octanol–water partition coefficient (Wildman–Crippen LogP) is 4.10. The molecule has 0 spiro atoms. The summed E-state index contributed by atoms with van der Waals surface area (Å²) in [5, 5.41) is 15.8. The maximum Gasteiger partial charge on any atom is 0.307 e. The number of phenols is 1. The van der Waals surface area contributed by atoms with E-state index in [1.807, 2.05) is 18.2 Å². The van der Waals surface area contributed by atoms with Crippen LogP contribution >= 0.6 is 0 Å². The second-order valence-corrected chi connectivity index (χ2v) is 12.1. The van der Waals surface area contributed by atoms with Gasteiger partial charge < -0.3 is 25.4 Å². The third-order valence-electron chi connectivity index (χ3n) is 7.62. The fourth-order valence-corrected chi connectivity index (χ4v) is 5.61. The van der Waals surface area contributed by atoms with Crippen LogP contribution in [0, 0.1) is 5.92 Å². The van der Waals surface area contributed by atoms with Crippen LogP contribution in [0.25, 0.3) is 0 Å². The van der Waals surface area contributed by atoms with Crippen molar-refractivity contribution in [3.8, 4) is 5.75 Å². The number of nitrogens with zero attached hydrogens (tertiary/aromatic N) is 1. The molecule has 1 fully saturated rings. The number of carbonyl (C=O) groups excluding carboxylic acids is 4. The first-order valence-electron chi connectivity index (χ1n) is 14.4. The molecule has 220 valence electrons. The van der Waals surface area contributed by atoms with Crippen LogP contribution in [0.5, 0.6) is 5.75 Å². The maximum atomic E-state index is 14.0. The van der Waals surface area contributed by atoms with Gasteiger partial charge in [0, 0.05) is 12.5 Å². The monoisotopic (exact) mass is 563 g/mol. The van der Waals surface area contributed by atoms with Gasteiger partial charge in [0.15, 0.2) is 0 Å². The number of benzene rings is 2. The number of esters is 1. The normalized spacial score (nSPS) is 20.0. The largest absolute Gasteiger partial charge is 0.508 e. The van der Waals surface area contributed by atoms with Crippen molar-refractivity contribution in [2.24, 2.45) is 5.92 Å². The number of rotatable bonds is 8. The van der Waals surface area contributed by atoms with E-state index in [0.29, 0.717) is 24.9 Å². The molecule has 1 saturated heterocycles. The van der Waals surface area contributed by atoms with E-state index in [1.165, 1.54) is 17.7 Å². The lowest BCUT2D eigenvalue weighted by molar-refractivity contribution is -0.157. The van der Waals surface area contributed by atoms with Gasteiger partial charge in [0.25, 0.3) is 0 Å². The molecular formula is C32H41N3O6. The van der Waals surface area contributed by atoms with E-state index in [2.05, 4.69) is 16.7 Å². The minimum Gasteiger partial charge on any atom is -0.508 e. The smallest absolute Gasteiger partial charge is 0.307 e. The molecule has 2 aromatic carbocycles. The van der Waals surface area contributed by atoms with E-state index < -0.39 is 41.4 Å². The van der Waals surface area contributed by atoms with Crippen LogP contribution in [-0.4, -0.2) is 51.9 Å². The number of hydrogen-bond acceptors (Lipinski definition) is 6. The SMILES string of the molecule is C[C@H](CC(=O)OC(C)(C)C)C(=O)N[C@H](C(=O)N1CCC[C@H]1C(=O)N[C@@H]1CCCc2ccccc21)c1ccc(O)cc1. The Bertz CT molecular complexity index is 1270. The van der Waals surface area contributed by atoms with Gasteiger partial charge in [0.1, 0.15) is 23.4 Å². The summed E-state index contributed by atoms with van der Waals surface area (Å²) >= 11 is 0. The molecule has 4 atom stereocenters. The van der Waals surface area contributed by atoms with Gasteiger partial charge in [-0.05, 0) is 81.7 Å². The first kappa shape index (κ1) is 30.1. The molecule has 1 aliphatic heterocycles. The molecule has 9 heteroatoms. The molecule has 2 aliphatic rings. The van der Waals surface area contributed by atoms with Crippen molar-refractivity contribution in [2.45, 2.75) is 89.9 Å². The Morgan fingerprint density at radius 1 is 1.02 bits per heavy atom. The number of fused-ring (bicyclic) bond motifs is 1. The number of aryl methyl sites for hydroxylation is 1. The van der Waals surface area contributed by atoms with Gasteiger partial charge in [-0.2, -0.15) is 0 Å². The molecule has 41 heavy (non-hydrogen) atoms.